The standard InChI is InChI=1S/C24H27N3O2/c1-14-12-18(8-11-21(14)25)27-23(15-4-2-3-5-15)20-10-6-16-13-17(24(28)29)7-9-19(16)22(20)26-27/h7-9,11-13,15,20,23H,2-6,10,25H2,1H3,(H,28,29)/t20-,23-/m0/s1. The van der Waals surface area contributed by atoms with Crippen LogP contribution < -0.4 is 10.7 Å². The highest BCUT2D eigenvalue weighted by Gasteiger charge is 2.45. The van der Waals surface area contributed by atoms with Gasteiger partial charge in [-0.15, -0.1) is 0 Å². The number of nitrogens with two attached hydrogens (primary N) is 1. The monoisotopic (exact) mass is 389 g/mol. The molecule has 0 aromatic heterocycles. The molecule has 2 atom stereocenters. The van der Waals surface area contributed by atoms with Crippen molar-refractivity contribution in [3.8, 4) is 0 Å². The van der Waals surface area contributed by atoms with Crippen molar-refractivity contribution in [3.05, 3.63) is 58.7 Å². The van der Waals surface area contributed by atoms with Gasteiger partial charge in [0.15, 0.2) is 0 Å². The lowest BCUT2D eigenvalue weighted by atomic mass is 9.75. The van der Waals surface area contributed by atoms with Crippen LogP contribution in [0.3, 0.4) is 0 Å². The number of hydrogen-bond donors (Lipinski definition) is 2. The van der Waals surface area contributed by atoms with Crippen molar-refractivity contribution in [2.75, 3.05) is 10.7 Å². The van der Waals surface area contributed by atoms with E-state index in [0.29, 0.717) is 23.4 Å². The molecule has 3 aliphatic rings. The summed E-state index contributed by atoms with van der Waals surface area (Å²) in [5.41, 5.74) is 12.8. The second-order valence-corrected chi connectivity index (χ2v) is 8.73. The number of hydrogen-bond acceptors (Lipinski definition) is 4. The Hall–Kier alpha value is -2.82. The third kappa shape index (κ3) is 3.00. The lowest BCUT2D eigenvalue weighted by Gasteiger charge is -2.34. The van der Waals surface area contributed by atoms with E-state index in [4.69, 9.17) is 10.8 Å². The predicted molar refractivity (Wildman–Crippen MR) is 116 cm³/mol. The van der Waals surface area contributed by atoms with Gasteiger partial charge in [0, 0.05) is 17.2 Å². The van der Waals surface area contributed by atoms with Gasteiger partial charge in [0.2, 0.25) is 0 Å². The first-order valence-electron chi connectivity index (χ1n) is 10.6. The molecule has 2 aromatic carbocycles. The first-order valence-corrected chi connectivity index (χ1v) is 10.6. The van der Waals surface area contributed by atoms with Crippen molar-refractivity contribution in [1.29, 1.82) is 0 Å². The number of rotatable bonds is 3. The van der Waals surface area contributed by atoms with E-state index in [2.05, 4.69) is 17.1 Å². The van der Waals surface area contributed by atoms with Gasteiger partial charge in [-0.3, -0.25) is 5.01 Å². The van der Waals surface area contributed by atoms with Crippen molar-refractivity contribution < 1.29 is 9.90 Å². The van der Waals surface area contributed by atoms with Gasteiger partial charge in [0.05, 0.1) is 23.0 Å². The van der Waals surface area contributed by atoms with Gasteiger partial charge in [0.1, 0.15) is 0 Å². The molecule has 0 spiro atoms. The summed E-state index contributed by atoms with van der Waals surface area (Å²) in [6, 6.07) is 12.1. The molecule has 1 aliphatic heterocycles. The average molecular weight is 389 g/mol. The van der Waals surface area contributed by atoms with Crippen molar-refractivity contribution in [2.24, 2.45) is 16.9 Å². The molecule has 0 amide bonds. The van der Waals surface area contributed by atoms with Crippen LogP contribution in [0.4, 0.5) is 11.4 Å². The van der Waals surface area contributed by atoms with Crippen LogP contribution in [0.1, 0.15) is 59.2 Å². The molecule has 0 bridgehead atoms. The van der Waals surface area contributed by atoms with Crippen LogP contribution in [-0.2, 0) is 6.42 Å². The molecular weight excluding hydrogens is 362 g/mol. The minimum Gasteiger partial charge on any atom is -0.478 e. The summed E-state index contributed by atoms with van der Waals surface area (Å²) in [7, 11) is 0. The number of hydrazone groups is 1. The van der Waals surface area contributed by atoms with Crippen LogP contribution in [0.25, 0.3) is 0 Å². The second-order valence-electron chi connectivity index (χ2n) is 8.73. The minimum atomic E-state index is -0.869. The average Bonchev–Trinajstić information content (AvgIpc) is 3.36. The lowest BCUT2D eigenvalue weighted by molar-refractivity contribution is 0.0696. The number of benzene rings is 2. The summed E-state index contributed by atoms with van der Waals surface area (Å²) in [5.74, 6) is 0.184. The number of aryl methyl sites for hydroxylation is 2. The maximum absolute atomic E-state index is 11.4. The molecule has 1 saturated carbocycles. The zero-order valence-corrected chi connectivity index (χ0v) is 16.8. The third-order valence-electron chi connectivity index (χ3n) is 7.01. The van der Waals surface area contributed by atoms with Crippen LogP contribution in [0.15, 0.2) is 41.5 Å². The van der Waals surface area contributed by atoms with Gasteiger partial charge in [0.25, 0.3) is 0 Å². The van der Waals surface area contributed by atoms with Crippen molar-refractivity contribution in [1.82, 2.24) is 0 Å². The van der Waals surface area contributed by atoms with E-state index in [1.54, 1.807) is 6.07 Å². The topological polar surface area (TPSA) is 78.9 Å². The fourth-order valence-electron chi connectivity index (χ4n) is 5.50. The molecule has 5 heteroatoms. The van der Waals surface area contributed by atoms with Gasteiger partial charge in [-0.05, 0) is 80.0 Å². The van der Waals surface area contributed by atoms with Crippen molar-refractivity contribution in [3.63, 3.8) is 0 Å². The molecule has 0 radical (unpaired) electrons. The maximum atomic E-state index is 11.4. The highest BCUT2D eigenvalue weighted by Crippen LogP contribution is 2.45. The molecule has 5 rings (SSSR count). The molecule has 0 unspecified atom stereocenters. The highest BCUT2D eigenvalue weighted by molar-refractivity contribution is 6.07. The van der Waals surface area contributed by atoms with Crippen LogP contribution in [0.5, 0.6) is 0 Å². The van der Waals surface area contributed by atoms with Gasteiger partial charge in [-0.1, -0.05) is 18.9 Å². The summed E-state index contributed by atoms with van der Waals surface area (Å²) < 4.78 is 0. The van der Waals surface area contributed by atoms with Crippen LogP contribution in [0.2, 0.25) is 0 Å². The zero-order valence-electron chi connectivity index (χ0n) is 16.8. The molecule has 0 saturated heterocycles. The molecule has 1 fully saturated rings. The van der Waals surface area contributed by atoms with Crippen LogP contribution >= 0.6 is 0 Å². The van der Waals surface area contributed by atoms with E-state index >= 15 is 0 Å². The predicted octanol–water partition coefficient (Wildman–Crippen LogP) is 4.62. The first-order chi connectivity index (χ1) is 14.0. The Kier molecular flexibility index (Phi) is 4.34. The SMILES string of the molecule is Cc1cc(N2N=C3c4ccc(C(=O)O)cc4CC[C@@H]3[C@@H]2C2CCCC2)ccc1N. The number of carboxylic acids is 1. The maximum Gasteiger partial charge on any atom is 0.335 e. The fraction of sp³-hybridized carbons (Fsp3) is 0.417. The van der Waals surface area contributed by atoms with E-state index in [0.717, 1.165) is 46.6 Å². The number of fused-ring (bicyclic) bond motifs is 3. The molecular formula is C24H27N3O2. The fourth-order valence-corrected chi connectivity index (χ4v) is 5.50. The Morgan fingerprint density at radius 1 is 1.14 bits per heavy atom. The molecule has 3 N–H and O–H groups in total. The van der Waals surface area contributed by atoms with E-state index in [-0.39, 0.29) is 0 Å². The Balaban J connectivity index is 1.59. The lowest BCUT2D eigenvalue weighted by Crippen LogP contribution is -2.40. The van der Waals surface area contributed by atoms with Crippen LogP contribution in [0, 0.1) is 18.8 Å². The van der Waals surface area contributed by atoms with E-state index in [9.17, 15) is 9.90 Å². The Bertz CT molecular complexity index is 1010. The normalized spacial score (nSPS) is 23.6. The zero-order chi connectivity index (χ0) is 20.1. The van der Waals surface area contributed by atoms with Crippen molar-refractivity contribution >= 4 is 23.1 Å². The molecule has 29 heavy (non-hydrogen) atoms. The van der Waals surface area contributed by atoms with E-state index in [1.807, 2.05) is 25.1 Å². The second kappa shape index (κ2) is 6.90. The van der Waals surface area contributed by atoms with Gasteiger partial charge in [-0.25, -0.2) is 4.79 Å². The Morgan fingerprint density at radius 3 is 2.66 bits per heavy atom. The highest BCUT2D eigenvalue weighted by atomic mass is 16.4. The number of anilines is 2. The Morgan fingerprint density at radius 2 is 1.93 bits per heavy atom. The largest absolute Gasteiger partial charge is 0.478 e. The number of carbonyl (C=O) groups is 1. The van der Waals surface area contributed by atoms with Gasteiger partial charge >= 0.3 is 5.97 Å². The third-order valence-corrected chi connectivity index (χ3v) is 7.01. The quantitative estimate of drug-likeness (QED) is 0.751. The number of carboxylic acid groups (broad SMARTS) is 1. The van der Waals surface area contributed by atoms with E-state index < -0.39 is 5.97 Å². The first kappa shape index (κ1) is 18.2. The number of aromatic carboxylic acids is 1. The summed E-state index contributed by atoms with van der Waals surface area (Å²) in [4.78, 5) is 11.4. The minimum absolute atomic E-state index is 0.360. The molecule has 2 aliphatic carbocycles. The number of nitrogens with zero attached hydrogens (tertiary/aromatic N) is 2. The molecule has 1 heterocycles. The molecule has 150 valence electrons. The number of nitrogen functional groups attached to an aromatic ring is 1. The summed E-state index contributed by atoms with van der Waals surface area (Å²) in [6.07, 6.45) is 7.07. The Labute approximate surface area is 171 Å². The molecule has 5 nitrogen and oxygen atoms in total. The summed E-state index contributed by atoms with van der Waals surface area (Å²) in [6.45, 7) is 2.04. The van der Waals surface area contributed by atoms with Gasteiger partial charge < -0.3 is 10.8 Å². The van der Waals surface area contributed by atoms with Crippen molar-refractivity contribution in [2.45, 2.75) is 51.5 Å². The smallest absolute Gasteiger partial charge is 0.335 e. The summed E-state index contributed by atoms with van der Waals surface area (Å²) >= 11 is 0. The van der Waals surface area contributed by atoms with Gasteiger partial charge in [-0.2, -0.15) is 5.10 Å². The molecule has 2 aromatic rings. The van der Waals surface area contributed by atoms with Crippen LogP contribution in [-0.4, -0.2) is 22.8 Å². The summed E-state index contributed by atoms with van der Waals surface area (Å²) in [5, 5.41) is 16.8. The van der Waals surface area contributed by atoms with E-state index in [1.165, 1.54) is 25.7 Å².